The lowest BCUT2D eigenvalue weighted by molar-refractivity contribution is -0.100. The van der Waals surface area contributed by atoms with E-state index in [2.05, 4.69) is 30.2 Å². The third-order valence-corrected chi connectivity index (χ3v) is 4.82. The monoisotopic (exact) mass is 246 g/mol. The van der Waals surface area contributed by atoms with E-state index in [-0.39, 0.29) is 5.41 Å². The van der Waals surface area contributed by atoms with Crippen LogP contribution in [0.5, 0.6) is 0 Å². The Morgan fingerprint density at radius 1 is 1.44 bits per heavy atom. The van der Waals surface area contributed by atoms with Crippen LogP contribution in [-0.4, -0.2) is 24.2 Å². The number of rotatable bonds is 3. The summed E-state index contributed by atoms with van der Waals surface area (Å²) in [6, 6.07) is 5.22. The molecule has 18 heavy (non-hydrogen) atoms. The number of aromatic nitrogens is 1. The van der Waals surface area contributed by atoms with Gasteiger partial charge in [0.25, 0.3) is 0 Å². The van der Waals surface area contributed by atoms with E-state index < -0.39 is 0 Å². The number of pyridine rings is 1. The van der Waals surface area contributed by atoms with E-state index in [1.807, 2.05) is 19.4 Å². The van der Waals surface area contributed by atoms with Gasteiger partial charge < -0.3 is 10.1 Å². The van der Waals surface area contributed by atoms with E-state index in [1.54, 1.807) is 0 Å². The lowest BCUT2D eigenvalue weighted by Gasteiger charge is -2.52. The van der Waals surface area contributed by atoms with Gasteiger partial charge in [-0.05, 0) is 30.9 Å². The van der Waals surface area contributed by atoms with Crippen molar-refractivity contribution >= 4 is 0 Å². The summed E-state index contributed by atoms with van der Waals surface area (Å²) in [4.78, 5) is 4.55. The molecule has 0 radical (unpaired) electrons. The highest BCUT2D eigenvalue weighted by molar-refractivity contribution is 5.28. The predicted octanol–water partition coefficient (Wildman–Crippen LogP) is 2.47. The smallest absolute Gasteiger partial charge is 0.0652 e. The first-order valence-corrected chi connectivity index (χ1v) is 6.85. The van der Waals surface area contributed by atoms with Crippen LogP contribution in [-0.2, 0) is 11.2 Å². The average molecular weight is 246 g/mol. The lowest BCUT2D eigenvalue weighted by Crippen LogP contribution is -2.61. The molecule has 0 aliphatic heterocycles. The van der Waals surface area contributed by atoms with Crippen molar-refractivity contribution in [1.82, 2.24) is 10.3 Å². The van der Waals surface area contributed by atoms with Crippen LogP contribution >= 0.6 is 0 Å². The van der Waals surface area contributed by atoms with Crippen molar-refractivity contribution in [2.75, 3.05) is 7.11 Å². The van der Waals surface area contributed by atoms with E-state index in [0.29, 0.717) is 18.2 Å². The average Bonchev–Trinajstić information content (AvgIpc) is 2.77. The van der Waals surface area contributed by atoms with Gasteiger partial charge in [-0.2, -0.15) is 0 Å². The molecule has 2 aliphatic carbocycles. The molecule has 1 saturated carbocycles. The summed E-state index contributed by atoms with van der Waals surface area (Å²) in [7, 11) is 1.81. The molecule has 3 rings (SSSR count). The number of fused-ring (bicyclic) bond motifs is 1. The van der Waals surface area contributed by atoms with Crippen molar-refractivity contribution in [2.24, 2.45) is 5.41 Å². The number of hydrogen-bond acceptors (Lipinski definition) is 3. The van der Waals surface area contributed by atoms with Crippen molar-refractivity contribution < 1.29 is 4.74 Å². The van der Waals surface area contributed by atoms with Crippen LogP contribution in [0.1, 0.15) is 44.0 Å². The number of methoxy groups -OCH3 is 1. The van der Waals surface area contributed by atoms with Crippen molar-refractivity contribution in [3.8, 4) is 0 Å². The maximum absolute atomic E-state index is 5.51. The number of ether oxygens (including phenoxy) is 1. The van der Waals surface area contributed by atoms with Gasteiger partial charge in [0.2, 0.25) is 0 Å². The van der Waals surface area contributed by atoms with E-state index in [1.165, 1.54) is 17.7 Å². The molecule has 3 unspecified atom stereocenters. The zero-order chi connectivity index (χ0) is 12.8. The number of hydrogen-bond donors (Lipinski definition) is 1. The molecular weight excluding hydrogens is 224 g/mol. The van der Waals surface area contributed by atoms with Crippen molar-refractivity contribution in [3.05, 3.63) is 29.6 Å². The van der Waals surface area contributed by atoms with Crippen molar-refractivity contribution in [2.45, 2.75) is 51.3 Å². The number of aryl methyl sites for hydroxylation is 1. The molecule has 3 atom stereocenters. The van der Waals surface area contributed by atoms with Crippen LogP contribution in [0.25, 0.3) is 0 Å². The molecule has 0 amide bonds. The van der Waals surface area contributed by atoms with Crippen molar-refractivity contribution in [1.29, 1.82) is 0 Å². The highest BCUT2D eigenvalue weighted by Crippen LogP contribution is 2.44. The van der Waals surface area contributed by atoms with E-state index in [4.69, 9.17) is 4.74 Å². The van der Waals surface area contributed by atoms with Crippen LogP contribution in [0.4, 0.5) is 0 Å². The first kappa shape index (κ1) is 12.1. The first-order chi connectivity index (χ1) is 8.63. The Labute approximate surface area is 109 Å². The maximum Gasteiger partial charge on any atom is 0.0652 e. The second-order valence-electron chi connectivity index (χ2n) is 6.14. The van der Waals surface area contributed by atoms with Crippen LogP contribution in [0.15, 0.2) is 18.3 Å². The standard InChI is InChI=1S/C15H22N2O/c1-15(2)12(9-13(15)18-3)17-11-7-6-10-5-4-8-16-14(10)11/h4-5,8,11-13,17H,6-7,9H2,1-3H3. The normalized spacial score (nSPS) is 32.9. The summed E-state index contributed by atoms with van der Waals surface area (Å²) in [5.41, 5.74) is 2.90. The minimum atomic E-state index is 0.228. The van der Waals surface area contributed by atoms with Crippen LogP contribution in [0.2, 0.25) is 0 Å². The Bertz CT molecular complexity index is 444. The molecule has 3 heteroatoms. The minimum absolute atomic E-state index is 0.228. The zero-order valence-corrected chi connectivity index (χ0v) is 11.4. The first-order valence-electron chi connectivity index (χ1n) is 6.85. The van der Waals surface area contributed by atoms with E-state index in [0.717, 1.165) is 12.8 Å². The van der Waals surface area contributed by atoms with E-state index >= 15 is 0 Å². The Morgan fingerprint density at radius 2 is 2.28 bits per heavy atom. The van der Waals surface area contributed by atoms with Gasteiger partial charge in [0.15, 0.2) is 0 Å². The molecule has 0 aromatic carbocycles. The van der Waals surface area contributed by atoms with Gasteiger partial charge in [-0.1, -0.05) is 19.9 Å². The van der Waals surface area contributed by atoms with Gasteiger partial charge in [-0.25, -0.2) is 0 Å². The Kier molecular flexibility index (Phi) is 2.91. The summed E-state index contributed by atoms with van der Waals surface area (Å²) in [6.07, 6.45) is 5.74. The largest absolute Gasteiger partial charge is 0.381 e. The third-order valence-electron chi connectivity index (χ3n) is 4.82. The Hall–Kier alpha value is -0.930. The van der Waals surface area contributed by atoms with Crippen LogP contribution in [0, 0.1) is 5.41 Å². The number of nitrogens with zero attached hydrogens (tertiary/aromatic N) is 1. The molecule has 1 aromatic rings. The molecule has 3 nitrogen and oxygen atoms in total. The molecule has 98 valence electrons. The topological polar surface area (TPSA) is 34.1 Å². The molecule has 0 saturated heterocycles. The molecule has 1 fully saturated rings. The SMILES string of the molecule is COC1CC(NC2CCc3cccnc32)C1(C)C. The van der Waals surface area contributed by atoms with Gasteiger partial charge in [0.05, 0.1) is 17.8 Å². The summed E-state index contributed by atoms with van der Waals surface area (Å²) < 4.78 is 5.51. The predicted molar refractivity (Wildman–Crippen MR) is 71.4 cm³/mol. The highest BCUT2D eigenvalue weighted by Gasteiger charge is 2.49. The quantitative estimate of drug-likeness (QED) is 0.889. The minimum Gasteiger partial charge on any atom is -0.381 e. The fraction of sp³-hybridized carbons (Fsp3) is 0.667. The molecule has 1 heterocycles. The maximum atomic E-state index is 5.51. The summed E-state index contributed by atoms with van der Waals surface area (Å²) in [5, 5.41) is 3.78. The van der Waals surface area contributed by atoms with Crippen molar-refractivity contribution in [3.63, 3.8) is 0 Å². The fourth-order valence-corrected chi connectivity index (χ4v) is 3.39. The van der Waals surface area contributed by atoms with Crippen LogP contribution < -0.4 is 5.32 Å². The Balaban J connectivity index is 1.69. The molecule has 2 aliphatic rings. The summed E-state index contributed by atoms with van der Waals surface area (Å²) >= 11 is 0. The molecule has 1 N–H and O–H groups in total. The van der Waals surface area contributed by atoms with E-state index in [9.17, 15) is 0 Å². The van der Waals surface area contributed by atoms with Gasteiger partial charge in [-0.3, -0.25) is 4.98 Å². The van der Waals surface area contributed by atoms with Gasteiger partial charge >= 0.3 is 0 Å². The Morgan fingerprint density at radius 3 is 3.00 bits per heavy atom. The molecule has 1 aromatic heterocycles. The number of nitrogens with one attached hydrogen (secondary N) is 1. The lowest BCUT2D eigenvalue weighted by atomic mass is 9.64. The second-order valence-corrected chi connectivity index (χ2v) is 6.14. The van der Waals surface area contributed by atoms with Gasteiger partial charge in [-0.15, -0.1) is 0 Å². The van der Waals surface area contributed by atoms with Crippen LogP contribution in [0.3, 0.4) is 0 Å². The summed E-state index contributed by atoms with van der Waals surface area (Å²) in [6.45, 7) is 4.58. The van der Waals surface area contributed by atoms with Gasteiger partial charge in [0.1, 0.15) is 0 Å². The fourth-order valence-electron chi connectivity index (χ4n) is 3.39. The highest BCUT2D eigenvalue weighted by atomic mass is 16.5. The molecular formula is C15H22N2O. The zero-order valence-electron chi connectivity index (χ0n) is 11.4. The summed E-state index contributed by atoms with van der Waals surface area (Å²) in [5.74, 6) is 0. The van der Waals surface area contributed by atoms with Gasteiger partial charge in [0, 0.05) is 24.8 Å². The second kappa shape index (κ2) is 4.32. The third kappa shape index (κ3) is 1.77. The molecule has 0 spiro atoms. The molecule has 0 bridgehead atoms.